The quantitative estimate of drug-likeness (QED) is 0.530. The summed E-state index contributed by atoms with van der Waals surface area (Å²) in [5.74, 6) is -1.24. The Hall–Kier alpha value is -3.35. The summed E-state index contributed by atoms with van der Waals surface area (Å²) in [6.45, 7) is 1.89. The minimum atomic E-state index is -0.961. The van der Waals surface area contributed by atoms with Crippen molar-refractivity contribution >= 4 is 18.0 Å². The van der Waals surface area contributed by atoms with Gasteiger partial charge in [0.1, 0.15) is 6.61 Å². The van der Waals surface area contributed by atoms with Crippen LogP contribution in [0, 0.1) is 0 Å². The number of benzene rings is 2. The highest BCUT2D eigenvalue weighted by molar-refractivity contribution is 5.80. The zero-order valence-electron chi connectivity index (χ0n) is 19.5. The van der Waals surface area contributed by atoms with Crippen molar-refractivity contribution in [2.75, 3.05) is 6.61 Å². The van der Waals surface area contributed by atoms with Crippen LogP contribution in [0.2, 0.25) is 0 Å². The molecule has 2 aromatic carbocycles. The fraction of sp³-hybridized carbons (Fsp3) is 0.444. The summed E-state index contributed by atoms with van der Waals surface area (Å²) < 4.78 is 5.72. The zero-order chi connectivity index (χ0) is 24.1. The van der Waals surface area contributed by atoms with Crippen LogP contribution in [0.5, 0.6) is 0 Å². The Balaban J connectivity index is 1.40. The van der Waals surface area contributed by atoms with Crippen LogP contribution < -0.4 is 10.6 Å². The van der Waals surface area contributed by atoms with Gasteiger partial charge in [0.15, 0.2) is 0 Å². The lowest BCUT2D eigenvalue weighted by molar-refractivity contribution is -0.137. The molecular weight excluding hydrogens is 432 g/mol. The average molecular weight is 465 g/mol. The lowest BCUT2D eigenvalue weighted by Gasteiger charge is -2.37. The summed E-state index contributed by atoms with van der Waals surface area (Å²) in [6.07, 6.45) is 3.74. The van der Waals surface area contributed by atoms with E-state index >= 15 is 0 Å². The van der Waals surface area contributed by atoms with E-state index in [2.05, 4.69) is 34.9 Å². The summed E-state index contributed by atoms with van der Waals surface area (Å²) in [6, 6.07) is 15.9. The number of alkyl carbamates (subject to hydrolysis) is 1. The summed E-state index contributed by atoms with van der Waals surface area (Å²) in [7, 11) is 0. The molecule has 0 heterocycles. The number of rotatable bonds is 8. The van der Waals surface area contributed by atoms with Gasteiger partial charge in [-0.05, 0) is 42.0 Å². The van der Waals surface area contributed by atoms with Crippen molar-refractivity contribution in [2.45, 2.75) is 69.4 Å². The van der Waals surface area contributed by atoms with Gasteiger partial charge in [-0.2, -0.15) is 0 Å². The van der Waals surface area contributed by atoms with Crippen LogP contribution in [0.4, 0.5) is 4.79 Å². The fourth-order valence-corrected chi connectivity index (χ4v) is 5.37. The van der Waals surface area contributed by atoms with E-state index in [4.69, 9.17) is 9.84 Å². The van der Waals surface area contributed by atoms with Crippen LogP contribution in [0.3, 0.4) is 0 Å². The van der Waals surface area contributed by atoms with Crippen LogP contribution in [0.15, 0.2) is 48.5 Å². The summed E-state index contributed by atoms with van der Waals surface area (Å²) in [5.41, 5.74) is 3.96. The van der Waals surface area contributed by atoms with E-state index in [0.717, 1.165) is 30.4 Å². The molecule has 1 fully saturated rings. The highest BCUT2D eigenvalue weighted by Gasteiger charge is 2.37. The second kappa shape index (κ2) is 10.3. The number of fused-ring (bicyclic) bond motifs is 3. The first-order valence-electron chi connectivity index (χ1n) is 12.0. The molecule has 0 saturated heterocycles. The Labute approximate surface area is 199 Å². The number of carbonyl (C=O) groups excluding carboxylic acids is 2. The van der Waals surface area contributed by atoms with Gasteiger partial charge in [-0.25, -0.2) is 4.79 Å². The molecule has 34 heavy (non-hydrogen) atoms. The van der Waals surface area contributed by atoms with Crippen molar-refractivity contribution in [3.63, 3.8) is 0 Å². The lowest BCUT2D eigenvalue weighted by Crippen LogP contribution is -2.53. The first-order chi connectivity index (χ1) is 16.4. The van der Waals surface area contributed by atoms with Crippen LogP contribution in [0.25, 0.3) is 11.1 Å². The molecule has 1 atom stereocenters. The number of hydrogen-bond acceptors (Lipinski definition) is 4. The number of nitrogens with one attached hydrogen (secondary N) is 2. The van der Waals surface area contributed by atoms with Crippen molar-refractivity contribution in [3.05, 3.63) is 59.7 Å². The number of amides is 2. The molecule has 0 bridgehead atoms. The van der Waals surface area contributed by atoms with Crippen molar-refractivity contribution in [2.24, 2.45) is 0 Å². The van der Waals surface area contributed by atoms with Crippen LogP contribution in [-0.2, 0) is 14.3 Å². The Morgan fingerprint density at radius 1 is 1.00 bits per heavy atom. The van der Waals surface area contributed by atoms with Gasteiger partial charge >= 0.3 is 12.1 Å². The molecule has 0 aromatic heterocycles. The molecule has 0 aliphatic heterocycles. The number of carboxylic acid groups (broad SMARTS) is 1. The van der Waals surface area contributed by atoms with Gasteiger partial charge in [-0.1, -0.05) is 67.8 Å². The van der Waals surface area contributed by atoms with E-state index in [0.29, 0.717) is 12.8 Å². The monoisotopic (exact) mass is 464 g/mol. The first-order valence-corrected chi connectivity index (χ1v) is 12.0. The second-order valence-corrected chi connectivity index (χ2v) is 9.53. The van der Waals surface area contributed by atoms with Crippen LogP contribution in [-0.4, -0.2) is 41.3 Å². The zero-order valence-corrected chi connectivity index (χ0v) is 19.5. The van der Waals surface area contributed by atoms with Gasteiger partial charge in [0.25, 0.3) is 0 Å². The van der Waals surface area contributed by atoms with E-state index < -0.39 is 23.6 Å². The molecule has 4 rings (SSSR count). The van der Waals surface area contributed by atoms with Crippen LogP contribution >= 0.6 is 0 Å². The predicted molar refractivity (Wildman–Crippen MR) is 128 cm³/mol. The van der Waals surface area contributed by atoms with Crippen LogP contribution in [0.1, 0.15) is 68.9 Å². The molecule has 0 radical (unpaired) electrons. The molecule has 7 nitrogen and oxygen atoms in total. The van der Waals surface area contributed by atoms with Crippen molar-refractivity contribution in [1.82, 2.24) is 10.6 Å². The molecule has 2 aliphatic carbocycles. The summed E-state index contributed by atoms with van der Waals surface area (Å²) in [5, 5.41) is 14.7. The molecule has 7 heteroatoms. The molecule has 3 N–H and O–H groups in total. The topological polar surface area (TPSA) is 105 Å². The number of ether oxygens (including phenoxy) is 1. The maximum atomic E-state index is 12.9. The standard InChI is InChI=1S/C27H32N2O5/c1-18(15-25(31)32)28-24(30)16-27(13-7-2-8-14-27)29-26(33)34-17-23-21-11-5-3-9-19(21)20-10-4-6-12-22(20)23/h3-6,9-12,18,23H,2,7-8,13-17H2,1H3,(H,28,30)(H,29,33)(H,31,32). The molecular formula is C27H32N2O5. The molecule has 2 aromatic rings. The van der Waals surface area contributed by atoms with E-state index in [1.165, 1.54) is 11.1 Å². The number of aliphatic carboxylic acids is 1. The third kappa shape index (κ3) is 5.41. The van der Waals surface area contributed by atoms with Crippen molar-refractivity contribution in [3.8, 4) is 11.1 Å². The molecule has 1 unspecified atom stereocenters. The van der Waals surface area contributed by atoms with E-state index in [9.17, 15) is 14.4 Å². The molecule has 180 valence electrons. The first kappa shape index (κ1) is 23.8. The Bertz CT molecular complexity index is 1010. The lowest BCUT2D eigenvalue weighted by atomic mass is 9.79. The van der Waals surface area contributed by atoms with E-state index in [1.54, 1.807) is 6.92 Å². The fourth-order valence-electron chi connectivity index (χ4n) is 5.37. The van der Waals surface area contributed by atoms with Gasteiger partial charge in [0.2, 0.25) is 5.91 Å². The Morgan fingerprint density at radius 2 is 1.59 bits per heavy atom. The van der Waals surface area contributed by atoms with E-state index in [1.807, 2.05) is 24.3 Å². The maximum absolute atomic E-state index is 12.9. The summed E-state index contributed by atoms with van der Waals surface area (Å²) in [4.78, 5) is 36.4. The minimum Gasteiger partial charge on any atom is -0.481 e. The smallest absolute Gasteiger partial charge is 0.407 e. The molecule has 2 amide bonds. The molecule has 2 aliphatic rings. The Kier molecular flexibility index (Phi) is 7.20. The number of hydrogen-bond donors (Lipinski definition) is 3. The number of carbonyl (C=O) groups is 3. The minimum absolute atomic E-state index is 0.0272. The van der Waals surface area contributed by atoms with Gasteiger partial charge in [0, 0.05) is 18.4 Å². The second-order valence-electron chi connectivity index (χ2n) is 9.53. The average Bonchev–Trinajstić information content (AvgIpc) is 3.11. The van der Waals surface area contributed by atoms with Gasteiger partial charge in [0.05, 0.1) is 12.0 Å². The summed E-state index contributed by atoms with van der Waals surface area (Å²) >= 11 is 0. The molecule has 0 spiro atoms. The SMILES string of the molecule is CC(CC(=O)O)NC(=O)CC1(NC(=O)OCC2c3ccccc3-c3ccccc32)CCCCC1. The van der Waals surface area contributed by atoms with Crippen molar-refractivity contribution < 1.29 is 24.2 Å². The molecule has 1 saturated carbocycles. The maximum Gasteiger partial charge on any atom is 0.407 e. The Morgan fingerprint density at radius 3 is 2.18 bits per heavy atom. The largest absolute Gasteiger partial charge is 0.481 e. The normalized spacial score (nSPS) is 17.2. The van der Waals surface area contributed by atoms with E-state index in [-0.39, 0.29) is 31.3 Å². The van der Waals surface area contributed by atoms with Gasteiger partial charge in [-0.3, -0.25) is 9.59 Å². The van der Waals surface area contributed by atoms with Gasteiger partial charge in [-0.15, -0.1) is 0 Å². The predicted octanol–water partition coefficient (Wildman–Crippen LogP) is 4.60. The van der Waals surface area contributed by atoms with Gasteiger partial charge < -0.3 is 20.5 Å². The third-order valence-electron chi connectivity index (χ3n) is 6.91. The number of carboxylic acids is 1. The highest BCUT2D eigenvalue weighted by Crippen LogP contribution is 2.44. The van der Waals surface area contributed by atoms with Crippen molar-refractivity contribution in [1.29, 1.82) is 0 Å². The third-order valence-corrected chi connectivity index (χ3v) is 6.91. The highest BCUT2D eigenvalue weighted by atomic mass is 16.5.